The van der Waals surface area contributed by atoms with E-state index < -0.39 is 6.36 Å². The Bertz CT molecular complexity index is 491. The van der Waals surface area contributed by atoms with Crippen LogP contribution in [0.4, 0.5) is 23.7 Å². The number of halogens is 3. The van der Waals surface area contributed by atoms with Gasteiger partial charge in [-0.15, -0.1) is 13.2 Å². The lowest BCUT2D eigenvalue weighted by atomic mass is 10.1. The van der Waals surface area contributed by atoms with Crippen LogP contribution in [0.15, 0.2) is 18.2 Å². The molecule has 0 bridgehead atoms. The van der Waals surface area contributed by atoms with Gasteiger partial charge in [0.25, 0.3) is 0 Å². The van der Waals surface area contributed by atoms with Crippen molar-refractivity contribution < 1.29 is 22.7 Å². The number of nitrogens with one attached hydrogen (secondary N) is 1. The molecular weight excluding hydrogens is 263 g/mol. The summed E-state index contributed by atoms with van der Waals surface area (Å²) in [4.78, 5) is 12.8. The van der Waals surface area contributed by atoms with Crippen molar-refractivity contribution in [3.05, 3.63) is 23.8 Å². The van der Waals surface area contributed by atoms with Gasteiger partial charge in [-0.25, -0.2) is 4.79 Å². The molecule has 3 N–H and O–H groups in total. The molecule has 1 aliphatic rings. The summed E-state index contributed by atoms with van der Waals surface area (Å²) in [6.07, 6.45) is -4.80. The van der Waals surface area contributed by atoms with Crippen LogP contribution in [0, 0.1) is 0 Å². The fourth-order valence-electron chi connectivity index (χ4n) is 1.82. The summed E-state index contributed by atoms with van der Waals surface area (Å²) in [7, 11) is 0. The van der Waals surface area contributed by atoms with Crippen LogP contribution in [-0.2, 0) is 6.54 Å². The third kappa shape index (κ3) is 3.08. The van der Waals surface area contributed by atoms with Gasteiger partial charge in [0, 0.05) is 37.0 Å². The van der Waals surface area contributed by atoms with E-state index in [1.54, 1.807) is 0 Å². The number of alkyl halides is 3. The van der Waals surface area contributed by atoms with Gasteiger partial charge < -0.3 is 15.8 Å². The molecule has 0 atom stereocenters. The molecule has 1 aliphatic heterocycles. The Kier molecular flexibility index (Phi) is 3.52. The number of anilines is 1. The first-order valence-corrected chi connectivity index (χ1v) is 5.55. The van der Waals surface area contributed by atoms with Gasteiger partial charge in [0.2, 0.25) is 0 Å². The molecule has 0 saturated carbocycles. The number of hydrogen-bond acceptors (Lipinski definition) is 3. The number of rotatable bonds is 3. The van der Waals surface area contributed by atoms with E-state index in [1.165, 1.54) is 23.1 Å². The van der Waals surface area contributed by atoms with Gasteiger partial charge in [-0.1, -0.05) is 6.07 Å². The molecule has 0 spiro atoms. The van der Waals surface area contributed by atoms with Crippen molar-refractivity contribution in [3.8, 4) is 5.75 Å². The number of benzene rings is 1. The largest absolute Gasteiger partial charge is 0.573 e. The number of carbonyl (C=O) groups excluding carboxylic acids is 1. The van der Waals surface area contributed by atoms with Gasteiger partial charge in [-0.05, 0) is 6.07 Å². The molecule has 104 valence electrons. The van der Waals surface area contributed by atoms with E-state index in [9.17, 15) is 18.0 Å². The first kappa shape index (κ1) is 13.5. The maximum absolute atomic E-state index is 12.3. The van der Waals surface area contributed by atoms with Crippen molar-refractivity contribution in [2.45, 2.75) is 12.9 Å². The van der Waals surface area contributed by atoms with Gasteiger partial charge in [0.15, 0.2) is 0 Å². The molecule has 0 radical (unpaired) electrons. The standard InChI is InChI=1S/C11H12F3N3O2/c12-11(13,14)19-9-5-8(2-1-7(9)6-15)17-4-3-16-10(17)18/h1-2,5H,3-4,6,15H2,(H,16,18). The highest BCUT2D eigenvalue weighted by Gasteiger charge is 2.32. The lowest BCUT2D eigenvalue weighted by Crippen LogP contribution is -2.28. The first-order valence-electron chi connectivity index (χ1n) is 5.55. The molecule has 1 heterocycles. The van der Waals surface area contributed by atoms with Gasteiger partial charge >= 0.3 is 12.4 Å². The quantitative estimate of drug-likeness (QED) is 0.880. The number of nitrogens with zero attached hydrogens (tertiary/aromatic N) is 1. The van der Waals surface area contributed by atoms with E-state index in [0.717, 1.165) is 0 Å². The van der Waals surface area contributed by atoms with Crippen molar-refractivity contribution in [1.82, 2.24) is 5.32 Å². The van der Waals surface area contributed by atoms with E-state index in [1.807, 2.05) is 0 Å². The number of amides is 2. The van der Waals surface area contributed by atoms with Gasteiger partial charge in [0.05, 0.1) is 0 Å². The van der Waals surface area contributed by atoms with E-state index in [2.05, 4.69) is 10.1 Å². The number of nitrogens with two attached hydrogens (primary N) is 1. The summed E-state index contributed by atoms with van der Waals surface area (Å²) in [5.41, 5.74) is 5.92. The lowest BCUT2D eigenvalue weighted by molar-refractivity contribution is -0.274. The molecule has 5 nitrogen and oxygen atoms in total. The molecule has 19 heavy (non-hydrogen) atoms. The monoisotopic (exact) mass is 275 g/mol. The highest BCUT2D eigenvalue weighted by molar-refractivity contribution is 5.94. The second-order valence-corrected chi connectivity index (χ2v) is 3.93. The topological polar surface area (TPSA) is 67.6 Å². The zero-order chi connectivity index (χ0) is 14.0. The van der Waals surface area contributed by atoms with Crippen LogP contribution in [0.25, 0.3) is 0 Å². The Labute approximate surface area is 107 Å². The van der Waals surface area contributed by atoms with Crippen LogP contribution in [0.5, 0.6) is 5.75 Å². The number of carbonyl (C=O) groups is 1. The Balaban J connectivity index is 2.32. The normalized spacial score (nSPS) is 15.6. The zero-order valence-electron chi connectivity index (χ0n) is 9.83. The number of urea groups is 1. The minimum absolute atomic E-state index is 0.0854. The molecule has 0 aliphatic carbocycles. The number of hydrogen-bond donors (Lipinski definition) is 2. The van der Waals surface area contributed by atoms with Crippen molar-refractivity contribution in [2.24, 2.45) is 5.73 Å². The van der Waals surface area contributed by atoms with Crippen LogP contribution in [0.2, 0.25) is 0 Å². The van der Waals surface area contributed by atoms with E-state index in [-0.39, 0.29) is 23.9 Å². The second-order valence-electron chi connectivity index (χ2n) is 3.93. The van der Waals surface area contributed by atoms with E-state index >= 15 is 0 Å². The fraction of sp³-hybridized carbons (Fsp3) is 0.364. The number of ether oxygens (including phenoxy) is 1. The van der Waals surface area contributed by atoms with Gasteiger partial charge in [0.1, 0.15) is 5.75 Å². The minimum atomic E-state index is -4.80. The maximum Gasteiger partial charge on any atom is 0.573 e. The zero-order valence-corrected chi connectivity index (χ0v) is 9.83. The average molecular weight is 275 g/mol. The Morgan fingerprint density at radius 2 is 2.16 bits per heavy atom. The predicted molar refractivity (Wildman–Crippen MR) is 61.8 cm³/mol. The van der Waals surface area contributed by atoms with Gasteiger partial charge in [-0.3, -0.25) is 4.90 Å². The SMILES string of the molecule is NCc1ccc(N2CCNC2=O)cc1OC(F)(F)F. The summed E-state index contributed by atoms with van der Waals surface area (Å²) in [6.45, 7) is 0.761. The first-order chi connectivity index (χ1) is 8.90. The average Bonchev–Trinajstić information content (AvgIpc) is 2.73. The van der Waals surface area contributed by atoms with E-state index in [0.29, 0.717) is 18.8 Å². The molecule has 1 aromatic rings. The van der Waals surface area contributed by atoms with Gasteiger partial charge in [-0.2, -0.15) is 0 Å². The highest BCUT2D eigenvalue weighted by atomic mass is 19.4. The summed E-state index contributed by atoms with van der Waals surface area (Å²) < 4.78 is 40.8. The molecule has 0 aromatic heterocycles. The molecule has 8 heteroatoms. The third-order valence-corrected chi connectivity index (χ3v) is 2.66. The summed E-state index contributed by atoms with van der Waals surface area (Å²) in [6, 6.07) is 3.78. The second kappa shape index (κ2) is 4.96. The molecule has 2 rings (SSSR count). The Morgan fingerprint density at radius 1 is 1.42 bits per heavy atom. The Hall–Kier alpha value is -1.96. The van der Waals surface area contributed by atoms with E-state index in [4.69, 9.17) is 5.73 Å². The van der Waals surface area contributed by atoms with Crippen LogP contribution in [-0.4, -0.2) is 25.5 Å². The molecule has 1 fully saturated rings. The molecule has 1 aromatic carbocycles. The lowest BCUT2D eigenvalue weighted by Gasteiger charge is -2.18. The molecule has 1 saturated heterocycles. The summed E-state index contributed by atoms with van der Waals surface area (Å²) in [5, 5.41) is 2.56. The smallest absolute Gasteiger partial charge is 0.405 e. The van der Waals surface area contributed by atoms with Crippen LogP contribution < -0.4 is 20.7 Å². The maximum atomic E-state index is 12.3. The van der Waals surface area contributed by atoms with Crippen molar-refractivity contribution in [1.29, 1.82) is 0 Å². The highest BCUT2D eigenvalue weighted by Crippen LogP contribution is 2.31. The fourth-order valence-corrected chi connectivity index (χ4v) is 1.82. The van der Waals surface area contributed by atoms with Crippen molar-refractivity contribution in [3.63, 3.8) is 0 Å². The Morgan fingerprint density at radius 3 is 2.68 bits per heavy atom. The minimum Gasteiger partial charge on any atom is -0.405 e. The van der Waals surface area contributed by atoms with Crippen LogP contribution >= 0.6 is 0 Å². The third-order valence-electron chi connectivity index (χ3n) is 2.66. The molecule has 2 amide bonds. The van der Waals surface area contributed by atoms with Crippen molar-refractivity contribution in [2.75, 3.05) is 18.0 Å². The van der Waals surface area contributed by atoms with Crippen LogP contribution in [0.3, 0.4) is 0 Å². The van der Waals surface area contributed by atoms with Crippen molar-refractivity contribution >= 4 is 11.7 Å². The summed E-state index contributed by atoms with van der Waals surface area (Å²) >= 11 is 0. The molecule has 0 unspecified atom stereocenters. The summed E-state index contributed by atoms with van der Waals surface area (Å²) in [5.74, 6) is -0.382. The molecular formula is C11H12F3N3O2. The van der Waals surface area contributed by atoms with Crippen LogP contribution in [0.1, 0.15) is 5.56 Å². The predicted octanol–water partition coefficient (Wildman–Crippen LogP) is 1.57.